The van der Waals surface area contributed by atoms with E-state index in [2.05, 4.69) is 10.8 Å². The van der Waals surface area contributed by atoms with E-state index in [9.17, 15) is 18.0 Å². The molecule has 5 rings (SSSR count). The van der Waals surface area contributed by atoms with E-state index in [1.807, 2.05) is 30.0 Å². The second kappa shape index (κ2) is 9.39. The van der Waals surface area contributed by atoms with E-state index in [-0.39, 0.29) is 34.6 Å². The molecule has 2 aromatic rings. The van der Waals surface area contributed by atoms with Gasteiger partial charge in [-0.2, -0.15) is 0 Å². The lowest BCUT2D eigenvalue weighted by atomic mass is 9.81. The highest BCUT2D eigenvalue weighted by Crippen LogP contribution is 2.36. The fourth-order valence-electron chi connectivity index (χ4n) is 5.97. The van der Waals surface area contributed by atoms with Crippen LogP contribution in [0, 0.1) is 11.8 Å². The van der Waals surface area contributed by atoms with Gasteiger partial charge in [0.05, 0.1) is 4.90 Å². The SMILES string of the molecule is CC(=O)N1c2ccc(S(=O)(=O)NCC3CCC(C(=O)N4CCc5ccccc54)CC3)cc2C[C@H]1C. The van der Waals surface area contributed by atoms with Crippen LogP contribution in [0.5, 0.6) is 0 Å². The Labute approximate surface area is 207 Å². The molecule has 1 aliphatic carbocycles. The van der Waals surface area contributed by atoms with Gasteiger partial charge in [0.15, 0.2) is 0 Å². The third kappa shape index (κ3) is 4.61. The predicted molar refractivity (Wildman–Crippen MR) is 136 cm³/mol. The van der Waals surface area contributed by atoms with Gasteiger partial charge in [-0.05, 0) is 86.8 Å². The lowest BCUT2D eigenvalue weighted by molar-refractivity contribution is -0.123. The second-order valence-electron chi connectivity index (χ2n) is 10.2. The van der Waals surface area contributed by atoms with Gasteiger partial charge in [0.2, 0.25) is 21.8 Å². The third-order valence-electron chi connectivity index (χ3n) is 7.83. The van der Waals surface area contributed by atoms with Crippen LogP contribution in [0.15, 0.2) is 47.4 Å². The fraction of sp³-hybridized carbons (Fsp3) is 0.481. The molecule has 0 saturated heterocycles. The van der Waals surface area contributed by atoms with Gasteiger partial charge >= 0.3 is 0 Å². The summed E-state index contributed by atoms with van der Waals surface area (Å²) < 4.78 is 28.8. The van der Waals surface area contributed by atoms with Crippen molar-refractivity contribution in [1.29, 1.82) is 0 Å². The molecule has 0 radical (unpaired) electrons. The number of sulfonamides is 1. The predicted octanol–water partition coefficient (Wildman–Crippen LogP) is 3.66. The van der Waals surface area contributed by atoms with Crippen molar-refractivity contribution in [3.05, 3.63) is 53.6 Å². The number of fused-ring (bicyclic) bond motifs is 2. The first kappa shape index (κ1) is 24.0. The lowest BCUT2D eigenvalue weighted by Gasteiger charge is -2.30. The van der Waals surface area contributed by atoms with Crippen molar-refractivity contribution >= 4 is 33.2 Å². The van der Waals surface area contributed by atoms with Crippen molar-refractivity contribution < 1.29 is 18.0 Å². The number of amides is 2. The maximum absolute atomic E-state index is 13.1. The summed E-state index contributed by atoms with van der Waals surface area (Å²) in [5.74, 6) is 0.410. The molecule has 2 amide bonds. The standard InChI is InChI=1S/C27H33N3O4S/c1-18-15-23-16-24(11-12-26(23)30(18)19(2)31)35(33,34)28-17-20-7-9-22(10-8-20)27(32)29-14-13-21-5-3-4-6-25(21)29/h3-6,11-12,16,18,20,22,28H,7-10,13-15,17H2,1-2H3/t18-,20?,22?/m1/s1. The molecule has 3 aliphatic rings. The molecular weight excluding hydrogens is 462 g/mol. The normalized spacial score (nSPS) is 23.8. The van der Waals surface area contributed by atoms with E-state index in [1.54, 1.807) is 23.1 Å². The minimum absolute atomic E-state index is 0.0111. The molecule has 8 heteroatoms. The fourth-order valence-corrected chi connectivity index (χ4v) is 7.13. The molecule has 2 heterocycles. The number of nitrogens with one attached hydrogen (secondary N) is 1. The van der Waals surface area contributed by atoms with Crippen LogP contribution in [0.3, 0.4) is 0 Å². The summed E-state index contributed by atoms with van der Waals surface area (Å²) in [6.45, 7) is 4.63. The Bertz CT molecular complexity index is 1250. The second-order valence-corrected chi connectivity index (χ2v) is 11.9. The number of hydrogen-bond donors (Lipinski definition) is 1. The summed E-state index contributed by atoms with van der Waals surface area (Å²) in [6.07, 6.45) is 4.82. The average molecular weight is 496 g/mol. The van der Waals surface area contributed by atoms with Crippen molar-refractivity contribution in [2.24, 2.45) is 11.8 Å². The number of para-hydroxylation sites is 1. The van der Waals surface area contributed by atoms with Crippen LogP contribution >= 0.6 is 0 Å². The highest BCUT2D eigenvalue weighted by molar-refractivity contribution is 7.89. The number of nitrogens with zero attached hydrogens (tertiary/aromatic N) is 2. The van der Waals surface area contributed by atoms with Crippen LogP contribution in [0.1, 0.15) is 50.7 Å². The number of rotatable bonds is 5. The first-order valence-electron chi connectivity index (χ1n) is 12.6. The third-order valence-corrected chi connectivity index (χ3v) is 9.25. The lowest BCUT2D eigenvalue weighted by Crippen LogP contribution is -2.38. The van der Waals surface area contributed by atoms with E-state index < -0.39 is 10.0 Å². The van der Waals surface area contributed by atoms with Gasteiger partial charge in [0.1, 0.15) is 0 Å². The quantitative estimate of drug-likeness (QED) is 0.686. The molecule has 7 nitrogen and oxygen atoms in total. The number of hydrogen-bond acceptors (Lipinski definition) is 4. The molecule has 35 heavy (non-hydrogen) atoms. The zero-order valence-electron chi connectivity index (χ0n) is 20.4. The Kier molecular flexibility index (Phi) is 6.44. The van der Waals surface area contributed by atoms with Gasteiger partial charge in [-0.25, -0.2) is 13.1 Å². The minimum Gasteiger partial charge on any atom is -0.312 e. The zero-order valence-corrected chi connectivity index (χ0v) is 21.2. The van der Waals surface area contributed by atoms with Crippen LogP contribution in [0.4, 0.5) is 11.4 Å². The molecular formula is C27H33N3O4S. The van der Waals surface area contributed by atoms with Crippen LogP contribution in [0.25, 0.3) is 0 Å². The van der Waals surface area contributed by atoms with E-state index in [1.165, 1.54) is 12.5 Å². The summed E-state index contributed by atoms with van der Waals surface area (Å²) in [6, 6.07) is 13.2. The van der Waals surface area contributed by atoms with Gasteiger partial charge in [-0.3, -0.25) is 9.59 Å². The topological polar surface area (TPSA) is 86.8 Å². The van der Waals surface area contributed by atoms with Crippen molar-refractivity contribution in [3.8, 4) is 0 Å². The number of benzene rings is 2. The van der Waals surface area contributed by atoms with Crippen LogP contribution in [-0.2, 0) is 32.5 Å². The van der Waals surface area contributed by atoms with Gasteiger partial charge in [-0.15, -0.1) is 0 Å². The van der Waals surface area contributed by atoms with E-state index >= 15 is 0 Å². The van der Waals surface area contributed by atoms with Crippen LogP contribution < -0.4 is 14.5 Å². The molecule has 0 bridgehead atoms. The van der Waals surface area contributed by atoms with Crippen molar-refractivity contribution in [2.45, 2.75) is 63.3 Å². The Hall–Kier alpha value is -2.71. The number of anilines is 2. The highest BCUT2D eigenvalue weighted by atomic mass is 32.2. The Morgan fingerprint density at radius 1 is 1.00 bits per heavy atom. The highest BCUT2D eigenvalue weighted by Gasteiger charge is 2.34. The molecule has 1 atom stereocenters. The summed E-state index contributed by atoms with van der Waals surface area (Å²) in [5, 5.41) is 0. The maximum atomic E-state index is 13.1. The first-order valence-corrected chi connectivity index (χ1v) is 14.0. The summed E-state index contributed by atoms with van der Waals surface area (Å²) in [5.41, 5.74) is 3.96. The van der Waals surface area contributed by atoms with Crippen LogP contribution in [-0.4, -0.2) is 39.4 Å². The summed E-state index contributed by atoms with van der Waals surface area (Å²) in [4.78, 5) is 29.0. The molecule has 1 saturated carbocycles. The summed E-state index contributed by atoms with van der Waals surface area (Å²) in [7, 11) is -3.64. The molecule has 0 spiro atoms. The largest absolute Gasteiger partial charge is 0.312 e. The molecule has 1 fully saturated rings. The van der Waals surface area contributed by atoms with Crippen molar-refractivity contribution in [3.63, 3.8) is 0 Å². The van der Waals surface area contributed by atoms with E-state index in [0.717, 1.165) is 55.6 Å². The van der Waals surface area contributed by atoms with Gasteiger partial charge in [0, 0.05) is 43.3 Å². The zero-order chi connectivity index (χ0) is 24.7. The van der Waals surface area contributed by atoms with Gasteiger partial charge < -0.3 is 9.80 Å². The molecule has 2 aromatic carbocycles. The van der Waals surface area contributed by atoms with Crippen molar-refractivity contribution in [2.75, 3.05) is 22.9 Å². The van der Waals surface area contributed by atoms with Gasteiger partial charge in [-0.1, -0.05) is 18.2 Å². The molecule has 1 N–H and O–H groups in total. The smallest absolute Gasteiger partial charge is 0.240 e. The number of carbonyl (C=O) groups excluding carboxylic acids is 2. The van der Waals surface area contributed by atoms with Crippen LogP contribution in [0.2, 0.25) is 0 Å². The van der Waals surface area contributed by atoms with Crippen molar-refractivity contribution in [1.82, 2.24) is 4.72 Å². The first-order chi connectivity index (χ1) is 16.7. The molecule has 0 aromatic heterocycles. The average Bonchev–Trinajstić information content (AvgIpc) is 3.42. The Morgan fingerprint density at radius 2 is 1.74 bits per heavy atom. The van der Waals surface area contributed by atoms with Gasteiger partial charge in [0.25, 0.3) is 0 Å². The Morgan fingerprint density at radius 3 is 2.49 bits per heavy atom. The number of carbonyl (C=O) groups is 2. The minimum atomic E-state index is -3.64. The van der Waals surface area contributed by atoms with E-state index in [4.69, 9.17) is 0 Å². The monoisotopic (exact) mass is 495 g/mol. The molecule has 186 valence electrons. The summed E-state index contributed by atoms with van der Waals surface area (Å²) >= 11 is 0. The molecule has 0 unspecified atom stereocenters. The molecule has 2 aliphatic heterocycles. The maximum Gasteiger partial charge on any atom is 0.240 e. The van der Waals surface area contributed by atoms with E-state index in [0.29, 0.717) is 13.0 Å². The Balaban J connectivity index is 1.16.